The van der Waals surface area contributed by atoms with Gasteiger partial charge in [0.15, 0.2) is 6.61 Å². The number of halogens is 2. The van der Waals surface area contributed by atoms with Gasteiger partial charge in [-0.25, -0.2) is 9.18 Å². The molecule has 0 heterocycles. The molecule has 0 unspecified atom stereocenters. The summed E-state index contributed by atoms with van der Waals surface area (Å²) in [6.07, 6.45) is 1.90. The van der Waals surface area contributed by atoms with Gasteiger partial charge in [0.25, 0.3) is 5.91 Å². The maximum atomic E-state index is 13.6. The maximum absolute atomic E-state index is 13.6. The summed E-state index contributed by atoms with van der Waals surface area (Å²) in [6, 6.07) is 8.83. The van der Waals surface area contributed by atoms with E-state index in [-0.39, 0.29) is 16.3 Å². The number of hydrogen-bond donors (Lipinski definition) is 1. The molecule has 1 amide bonds. The molecule has 0 aliphatic heterocycles. The van der Waals surface area contributed by atoms with Crippen LogP contribution in [0.4, 0.5) is 10.1 Å². The Morgan fingerprint density at radius 2 is 2.00 bits per heavy atom. The fourth-order valence-electron chi connectivity index (χ4n) is 1.95. The Labute approximate surface area is 153 Å². The number of hydrogen-bond acceptors (Lipinski definition) is 5. The first kappa shape index (κ1) is 19.1. The van der Waals surface area contributed by atoms with Gasteiger partial charge >= 0.3 is 5.97 Å². The molecule has 2 rings (SSSR count). The van der Waals surface area contributed by atoms with Gasteiger partial charge in [-0.2, -0.15) is 0 Å². The van der Waals surface area contributed by atoms with E-state index in [9.17, 15) is 14.0 Å². The first-order valence-electron chi connectivity index (χ1n) is 7.08. The number of methoxy groups -OCH3 is 1. The molecule has 2 aromatic rings. The number of anilines is 1. The van der Waals surface area contributed by atoms with E-state index in [1.54, 1.807) is 18.2 Å². The Kier molecular flexibility index (Phi) is 6.66. The van der Waals surface area contributed by atoms with Gasteiger partial charge in [-0.15, -0.1) is 11.8 Å². The number of carbonyl (C=O) groups excluding carboxylic acids is 2. The van der Waals surface area contributed by atoms with Gasteiger partial charge in [0.1, 0.15) is 17.1 Å². The highest BCUT2D eigenvalue weighted by Gasteiger charge is 2.16. The van der Waals surface area contributed by atoms with Crippen molar-refractivity contribution in [2.45, 2.75) is 4.90 Å². The molecule has 0 fully saturated rings. The van der Waals surface area contributed by atoms with Crippen LogP contribution in [0, 0.1) is 5.82 Å². The van der Waals surface area contributed by atoms with Crippen LogP contribution in [0.15, 0.2) is 41.3 Å². The topological polar surface area (TPSA) is 64.6 Å². The van der Waals surface area contributed by atoms with Crippen LogP contribution in [0.2, 0.25) is 5.02 Å². The quantitative estimate of drug-likeness (QED) is 0.603. The Balaban J connectivity index is 1.98. The third-order valence-electron chi connectivity index (χ3n) is 3.17. The minimum atomic E-state index is -0.712. The summed E-state index contributed by atoms with van der Waals surface area (Å²) in [7, 11) is 1.44. The lowest BCUT2D eigenvalue weighted by Gasteiger charge is -2.10. The molecule has 8 heteroatoms. The van der Waals surface area contributed by atoms with E-state index >= 15 is 0 Å². The average Bonchev–Trinajstić information content (AvgIpc) is 2.61. The van der Waals surface area contributed by atoms with Gasteiger partial charge in [0.05, 0.1) is 12.8 Å². The largest absolute Gasteiger partial charge is 0.496 e. The van der Waals surface area contributed by atoms with Crippen LogP contribution in [0.1, 0.15) is 10.4 Å². The minimum absolute atomic E-state index is 0.0487. The van der Waals surface area contributed by atoms with Crippen LogP contribution in [0.5, 0.6) is 5.75 Å². The number of carbonyl (C=O) groups is 2. The number of esters is 1. The molecule has 1 N–H and O–H groups in total. The molecule has 0 bridgehead atoms. The highest BCUT2D eigenvalue weighted by molar-refractivity contribution is 7.98. The minimum Gasteiger partial charge on any atom is -0.496 e. The van der Waals surface area contributed by atoms with E-state index < -0.39 is 24.3 Å². The summed E-state index contributed by atoms with van der Waals surface area (Å²) in [5.41, 5.74) is 0.151. The molecule has 25 heavy (non-hydrogen) atoms. The Bertz CT molecular complexity index is 800. The van der Waals surface area contributed by atoms with Gasteiger partial charge in [-0.3, -0.25) is 4.79 Å². The number of amides is 1. The van der Waals surface area contributed by atoms with Crippen LogP contribution in [-0.4, -0.2) is 31.8 Å². The second-order valence-electron chi connectivity index (χ2n) is 4.81. The van der Waals surface area contributed by atoms with Gasteiger partial charge in [-0.05, 0) is 42.7 Å². The van der Waals surface area contributed by atoms with Gasteiger partial charge in [0, 0.05) is 9.92 Å². The molecular weight excluding hydrogens is 369 g/mol. The number of benzene rings is 2. The highest BCUT2D eigenvalue weighted by Crippen LogP contribution is 2.26. The second-order valence-corrected chi connectivity index (χ2v) is 6.13. The van der Waals surface area contributed by atoms with E-state index in [0.717, 1.165) is 11.0 Å². The van der Waals surface area contributed by atoms with Crippen molar-refractivity contribution in [2.75, 3.05) is 25.3 Å². The Morgan fingerprint density at radius 3 is 2.64 bits per heavy atom. The highest BCUT2D eigenvalue weighted by atomic mass is 35.5. The summed E-state index contributed by atoms with van der Waals surface area (Å²) in [6.45, 7) is -0.561. The number of ether oxygens (including phenoxy) is 2. The van der Waals surface area contributed by atoms with Crippen molar-refractivity contribution in [3.05, 3.63) is 52.8 Å². The number of thioether (sulfide) groups is 1. The van der Waals surface area contributed by atoms with Gasteiger partial charge in [0.2, 0.25) is 0 Å². The van der Waals surface area contributed by atoms with Crippen molar-refractivity contribution in [1.82, 2.24) is 0 Å². The molecule has 132 valence electrons. The van der Waals surface area contributed by atoms with Crippen molar-refractivity contribution in [2.24, 2.45) is 0 Å². The predicted octanol–water partition coefficient (Wildman–Crippen LogP) is 4.01. The summed E-state index contributed by atoms with van der Waals surface area (Å²) >= 11 is 7.14. The Morgan fingerprint density at radius 1 is 1.24 bits per heavy atom. The fraction of sp³-hybridized carbons (Fsp3) is 0.176. The van der Waals surface area contributed by atoms with Crippen molar-refractivity contribution < 1.29 is 23.5 Å². The zero-order valence-electron chi connectivity index (χ0n) is 13.5. The number of nitrogens with one attached hydrogen (secondary N) is 1. The zero-order valence-corrected chi connectivity index (χ0v) is 15.0. The standard InChI is InChI=1S/C17H15ClFNO4S/c1-23-15-8-11(25-2)4-5-12(15)17(22)24-9-16(21)20-14-6-3-10(18)7-13(14)19/h3-8H,9H2,1-2H3,(H,20,21). The monoisotopic (exact) mass is 383 g/mol. The van der Waals surface area contributed by atoms with Crippen molar-refractivity contribution >= 4 is 40.9 Å². The van der Waals surface area contributed by atoms with Gasteiger partial charge in [-0.1, -0.05) is 11.6 Å². The first-order valence-corrected chi connectivity index (χ1v) is 8.69. The lowest BCUT2D eigenvalue weighted by Crippen LogP contribution is -2.21. The van der Waals surface area contributed by atoms with Crippen LogP contribution in [-0.2, 0) is 9.53 Å². The summed E-state index contributed by atoms with van der Waals surface area (Å²) < 4.78 is 23.7. The van der Waals surface area contributed by atoms with Crippen LogP contribution in [0.3, 0.4) is 0 Å². The lowest BCUT2D eigenvalue weighted by atomic mass is 10.2. The SMILES string of the molecule is COc1cc(SC)ccc1C(=O)OCC(=O)Nc1ccc(Cl)cc1F. The smallest absolute Gasteiger partial charge is 0.342 e. The second kappa shape index (κ2) is 8.73. The lowest BCUT2D eigenvalue weighted by molar-refractivity contribution is -0.119. The predicted molar refractivity (Wildman–Crippen MR) is 95.1 cm³/mol. The molecule has 0 aliphatic rings. The molecule has 2 aromatic carbocycles. The molecular formula is C17H15ClFNO4S. The van der Waals surface area contributed by atoms with Crippen molar-refractivity contribution in [3.8, 4) is 5.75 Å². The van der Waals surface area contributed by atoms with E-state index in [0.29, 0.717) is 5.75 Å². The zero-order chi connectivity index (χ0) is 18.4. The fourth-order valence-corrected chi connectivity index (χ4v) is 2.54. The maximum Gasteiger partial charge on any atom is 0.342 e. The third-order valence-corrected chi connectivity index (χ3v) is 4.13. The molecule has 0 aliphatic carbocycles. The molecule has 0 saturated carbocycles. The number of rotatable bonds is 6. The molecule has 0 spiro atoms. The van der Waals surface area contributed by atoms with E-state index in [4.69, 9.17) is 21.1 Å². The van der Waals surface area contributed by atoms with Gasteiger partial charge < -0.3 is 14.8 Å². The van der Waals surface area contributed by atoms with E-state index in [1.807, 2.05) is 6.26 Å². The van der Waals surface area contributed by atoms with E-state index in [2.05, 4.69) is 5.32 Å². The summed E-state index contributed by atoms with van der Waals surface area (Å²) in [5.74, 6) is -1.71. The average molecular weight is 384 g/mol. The van der Waals surface area contributed by atoms with Crippen LogP contribution < -0.4 is 10.1 Å². The van der Waals surface area contributed by atoms with Crippen LogP contribution in [0.25, 0.3) is 0 Å². The Hall–Kier alpha value is -2.25. The summed E-state index contributed by atoms with van der Waals surface area (Å²) in [4.78, 5) is 24.9. The van der Waals surface area contributed by atoms with E-state index in [1.165, 1.54) is 31.0 Å². The van der Waals surface area contributed by atoms with Crippen LogP contribution >= 0.6 is 23.4 Å². The van der Waals surface area contributed by atoms with Crippen molar-refractivity contribution in [3.63, 3.8) is 0 Å². The molecule has 0 radical (unpaired) electrons. The molecule has 0 saturated heterocycles. The third kappa shape index (κ3) is 5.11. The normalized spacial score (nSPS) is 10.2. The summed E-state index contributed by atoms with van der Waals surface area (Å²) in [5, 5.41) is 2.52. The molecule has 0 aromatic heterocycles. The molecule has 0 atom stereocenters. The molecule has 5 nitrogen and oxygen atoms in total. The van der Waals surface area contributed by atoms with Crippen molar-refractivity contribution in [1.29, 1.82) is 0 Å². The first-order chi connectivity index (χ1) is 11.9.